The molecule has 0 aliphatic carbocycles. The number of H-pyrrole nitrogens is 1. The van der Waals surface area contributed by atoms with Crippen LogP contribution in [0.4, 0.5) is 11.6 Å². The Morgan fingerprint density at radius 2 is 1.97 bits per heavy atom. The summed E-state index contributed by atoms with van der Waals surface area (Å²) in [4.78, 5) is 27.4. The van der Waals surface area contributed by atoms with Gasteiger partial charge in [0.25, 0.3) is 5.56 Å². The van der Waals surface area contributed by atoms with Gasteiger partial charge in [-0.05, 0) is 29.3 Å². The number of ether oxygens (including phenoxy) is 2. The molecule has 37 heavy (non-hydrogen) atoms. The molecule has 1 atom stereocenters. The van der Waals surface area contributed by atoms with Gasteiger partial charge in [0.1, 0.15) is 0 Å². The van der Waals surface area contributed by atoms with Crippen molar-refractivity contribution in [2.45, 2.75) is 12.6 Å². The highest BCUT2D eigenvalue weighted by molar-refractivity contribution is 7.92. The summed E-state index contributed by atoms with van der Waals surface area (Å²) in [6.07, 6.45) is 2.73. The second-order valence-corrected chi connectivity index (χ2v) is 10.5. The van der Waals surface area contributed by atoms with Gasteiger partial charge in [-0.1, -0.05) is 18.2 Å². The Labute approximate surface area is 213 Å². The highest BCUT2D eigenvalue weighted by atomic mass is 32.2. The van der Waals surface area contributed by atoms with Gasteiger partial charge < -0.3 is 20.1 Å². The van der Waals surface area contributed by atoms with Crippen LogP contribution in [0, 0.1) is 0 Å². The van der Waals surface area contributed by atoms with Crippen LogP contribution in [0.1, 0.15) is 17.2 Å². The molecule has 2 aromatic heterocycles. The minimum atomic E-state index is -3.48. The zero-order chi connectivity index (χ0) is 26.3. The lowest BCUT2D eigenvalue weighted by molar-refractivity contribution is 0.357. The molecule has 0 saturated carbocycles. The summed E-state index contributed by atoms with van der Waals surface area (Å²) in [6, 6.07) is 11.8. The SMILES string of the molecule is COc1cc2nc(N3Cc4cccc(NS(C)(=O)=O)c4C(N)C3)[nH]c(=O)c2c(-c2ccccn2)c1OC. The van der Waals surface area contributed by atoms with Gasteiger partial charge in [-0.2, -0.15) is 0 Å². The van der Waals surface area contributed by atoms with E-state index < -0.39 is 16.1 Å². The summed E-state index contributed by atoms with van der Waals surface area (Å²) >= 11 is 0. The third kappa shape index (κ3) is 4.56. The van der Waals surface area contributed by atoms with Gasteiger partial charge in [0.05, 0.1) is 48.3 Å². The molecule has 3 heterocycles. The number of hydrogen-bond acceptors (Lipinski definition) is 9. The van der Waals surface area contributed by atoms with Crippen LogP contribution in [0.2, 0.25) is 0 Å². The number of aromatic amines is 1. The predicted molar refractivity (Wildman–Crippen MR) is 142 cm³/mol. The first kappa shape index (κ1) is 24.5. The molecule has 4 N–H and O–H groups in total. The molecular formula is C25H26N6O5S. The number of methoxy groups -OCH3 is 2. The average Bonchev–Trinajstić information content (AvgIpc) is 2.86. The monoisotopic (exact) mass is 522 g/mol. The van der Waals surface area contributed by atoms with Crippen molar-refractivity contribution in [3.05, 3.63) is 70.1 Å². The number of pyridine rings is 1. The van der Waals surface area contributed by atoms with Crippen molar-refractivity contribution in [3.8, 4) is 22.8 Å². The van der Waals surface area contributed by atoms with E-state index in [1.807, 2.05) is 17.0 Å². The summed E-state index contributed by atoms with van der Waals surface area (Å²) < 4.78 is 37.4. The maximum absolute atomic E-state index is 13.5. The Hall–Kier alpha value is -4.16. The number of nitrogens with one attached hydrogen (secondary N) is 2. The van der Waals surface area contributed by atoms with Gasteiger partial charge in [-0.15, -0.1) is 0 Å². The van der Waals surface area contributed by atoms with E-state index in [0.29, 0.717) is 58.4 Å². The Kier molecular flexibility index (Phi) is 6.21. The number of benzene rings is 2. The van der Waals surface area contributed by atoms with Gasteiger partial charge in [-0.3, -0.25) is 19.5 Å². The Morgan fingerprint density at radius 1 is 1.16 bits per heavy atom. The number of hydrogen-bond donors (Lipinski definition) is 3. The van der Waals surface area contributed by atoms with Crippen molar-refractivity contribution in [1.82, 2.24) is 15.0 Å². The molecule has 1 aliphatic heterocycles. The maximum atomic E-state index is 13.5. The molecule has 0 radical (unpaired) electrons. The molecular weight excluding hydrogens is 496 g/mol. The van der Waals surface area contributed by atoms with Crippen molar-refractivity contribution in [2.24, 2.45) is 5.73 Å². The van der Waals surface area contributed by atoms with Crippen molar-refractivity contribution >= 4 is 32.6 Å². The Balaban J connectivity index is 1.63. The van der Waals surface area contributed by atoms with Crippen LogP contribution >= 0.6 is 0 Å². The third-order valence-electron chi connectivity index (χ3n) is 6.19. The summed E-state index contributed by atoms with van der Waals surface area (Å²) in [5.41, 5.74) is 9.55. The summed E-state index contributed by atoms with van der Waals surface area (Å²) in [6.45, 7) is 0.682. The van der Waals surface area contributed by atoms with Crippen LogP contribution in [0.15, 0.2) is 53.5 Å². The Bertz CT molecular complexity index is 1660. The Morgan fingerprint density at radius 3 is 2.65 bits per heavy atom. The fourth-order valence-corrected chi connectivity index (χ4v) is 5.33. The maximum Gasteiger partial charge on any atom is 0.261 e. The summed E-state index contributed by atoms with van der Waals surface area (Å²) in [7, 11) is -0.453. The van der Waals surface area contributed by atoms with Gasteiger partial charge in [0.2, 0.25) is 16.0 Å². The topological polar surface area (TPSA) is 153 Å². The molecule has 0 amide bonds. The molecule has 11 nitrogen and oxygen atoms in total. The van der Waals surface area contributed by atoms with E-state index in [4.69, 9.17) is 20.2 Å². The molecule has 1 unspecified atom stereocenters. The lowest BCUT2D eigenvalue weighted by atomic mass is 9.94. The molecule has 192 valence electrons. The van der Waals surface area contributed by atoms with Crippen molar-refractivity contribution in [2.75, 3.05) is 36.6 Å². The first-order valence-corrected chi connectivity index (χ1v) is 13.3. The van der Waals surface area contributed by atoms with E-state index in [0.717, 1.165) is 17.4 Å². The largest absolute Gasteiger partial charge is 0.493 e. The molecule has 0 bridgehead atoms. The predicted octanol–water partition coefficient (Wildman–Crippen LogP) is 2.39. The quantitative estimate of drug-likeness (QED) is 0.346. The molecule has 0 spiro atoms. The van der Waals surface area contributed by atoms with Crippen LogP contribution in [-0.2, 0) is 16.6 Å². The molecule has 12 heteroatoms. The van der Waals surface area contributed by atoms with E-state index in [2.05, 4.69) is 14.7 Å². The van der Waals surface area contributed by atoms with Crippen LogP contribution in [0.5, 0.6) is 11.5 Å². The molecule has 0 saturated heterocycles. The fourth-order valence-electron chi connectivity index (χ4n) is 4.75. The molecule has 1 aliphatic rings. The third-order valence-corrected chi connectivity index (χ3v) is 6.78. The van der Waals surface area contributed by atoms with Gasteiger partial charge in [0.15, 0.2) is 11.5 Å². The summed E-state index contributed by atoms with van der Waals surface area (Å²) in [5.74, 6) is 1.13. The smallest absolute Gasteiger partial charge is 0.261 e. The number of nitrogens with zero attached hydrogens (tertiary/aromatic N) is 3. The first-order chi connectivity index (χ1) is 17.7. The highest BCUT2D eigenvalue weighted by Gasteiger charge is 2.28. The number of sulfonamides is 1. The number of fused-ring (bicyclic) bond motifs is 2. The average molecular weight is 523 g/mol. The number of nitrogens with two attached hydrogens (primary N) is 1. The normalized spacial score (nSPS) is 15.4. The standard InChI is InChI=1S/C25H26N6O5S/c1-35-19-11-18-22(21(23(19)36-2)16-8-4-5-10-27-16)24(32)29-25(28-18)31-12-14-7-6-9-17(30-37(3,33)34)20(14)15(26)13-31/h4-11,15,30H,12-13,26H2,1-3H3,(H,28,29,32). The van der Waals surface area contributed by atoms with Crippen LogP contribution in [0.3, 0.4) is 0 Å². The molecule has 5 rings (SSSR count). The number of aromatic nitrogens is 3. The highest BCUT2D eigenvalue weighted by Crippen LogP contribution is 2.42. The molecule has 0 fully saturated rings. The minimum absolute atomic E-state index is 0.310. The summed E-state index contributed by atoms with van der Waals surface area (Å²) in [5, 5.41) is 0.321. The van der Waals surface area contributed by atoms with E-state index in [-0.39, 0.29) is 5.56 Å². The lowest BCUT2D eigenvalue weighted by Crippen LogP contribution is -2.39. The van der Waals surface area contributed by atoms with Crippen molar-refractivity contribution < 1.29 is 17.9 Å². The van der Waals surface area contributed by atoms with E-state index in [1.54, 1.807) is 36.5 Å². The number of anilines is 2. The second kappa shape index (κ2) is 9.37. The van der Waals surface area contributed by atoms with E-state index in [1.165, 1.54) is 14.2 Å². The van der Waals surface area contributed by atoms with Crippen LogP contribution in [-0.4, -0.2) is 50.4 Å². The zero-order valence-corrected chi connectivity index (χ0v) is 21.3. The van der Waals surface area contributed by atoms with E-state index >= 15 is 0 Å². The minimum Gasteiger partial charge on any atom is -0.493 e. The lowest BCUT2D eigenvalue weighted by Gasteiger charge is -2.34. The van der Waals surface area contributed by atoms with Gasteiger partial charge in [0, 0.05) is 31.4 Å². The van der Waals surface area contributed by atoms with Gasteiger partial charge >= 0.3 is 0 Å². The fraction of sp³-hybridized carbons (Fsp3) is 0.240. The zero-order valence-electron chi connectivity index (χ0n) is 20.5. The van der Waals surface area contributed by atoms with E-state index in [9.17, 15) is 13.2 Å². The van der Waals surface area contributed by atoms with Gasteiger partial charge in [-0.25, -0.2) is 13.4 Å². The molecule has 2 aromatic carbocycles. The second-order valence-electron chi connectivity index (χ2n) is 8.73. The number of rotatable bonds is 6. The molecule has 4 aromatic rings. The van der Waals surface area contributed by atoms with Crippen LogP contribution < -0.4 is 30.4 Å². The first-order valence-electron chi connectivity index (χ1n) is 11.4. The van der Waals surface area contributed by atoms with Crippen LogP contribution in [0.25, 0.3) is 22.2 Å². The van der Waals surface area contributed by atoms with Crippen molar-refractivity contribution in [1.29, 1.82) is 0 Å². The van der Waals surface area contributed by atoms with Crippen molar-refractivity contribution in [3.63, 3.8) is 0 Å².